The first-order chi connectivity index (χ1) is 16.0. The highest BCUT2D eigenvalue weighted by Gasteiger charge is 2.44. The van der Waals surface area contributed by atoms with E-state index >= 15 is 0 Å². The van der Waals surface area contributed by atoms with Crippen LogP contribution < -0.4 is 5.32 Å². The zero-order valence-corrected chi connectivity index (χ0v) is 19.0. The fraction of sp³-hybridized carbons (Fsp3) is 0.296. The molecule has 6 nitrogen and oxygen atoms in total. The molecule has 0 saturated carbocycles. The zero-order chi connectivity index (χ0) is 23.3. The van der Waals surface area contributed by atoms with Gasteiger partial charge in [-0.3, -0.25) is 14.3 Å². The topological polar surface area (TPSA) is 67.2 Å². The number of benzene rings is 2. The number of hydrogen-bond donors (Lipinski definition) is 1. The van der Waals surface area contributed by atoms with Crippen LogP contribution in [0, 0.1) is 5.41 Å². The molecule has 1 aromatic heterocycles. The molecular weight excluding hydrogens is 412 g/mol. The molecule has 0 radical (unpaired) electrons. The minimum Gasteiger partial charge on any atom is -0.352 e. The van der Waals surface area contributed by atoms with Crippen LogP contribution in [0.3, 0.4) is 0 Å². The number of carbonyl (C=O) groups is 2. The fourth-order valence-corrected chi connectivity index (χ4v) is 4.70. The van der Waals surface area contributed by atoms with Crippen molar-refractivity contribution in [2.24, 2.45) is 12.5 Å². The van der Waals surface area contributed by atoms with Crippen LogP contribution in [0.4, 0.5) is 0 Å². The van der Waals surface area contributed by atoms with Gasteiger partial charge in [0.15, 0.2) is 0 Å². The van der Waals surface area contributed by atoms with Crippen molar-refractivity contribution in [2.75, 3.05) is 19.6 Å². The number of amides is 2. The molecule has 170 valence electrons. The highest BCUT2D eigenvalue weighted by atomic mass is 16.2. The second kappa shape index (κ2) is 9.86. The quantitative estimate of drug-likeness (QED) is 0.565. The SMILES string of the molecule is C=CCNC(=O)[C@@]1(Cc2ccccc2-c2ccccc2)CCCN(C(=O)c2ccn(C)n2)C1. The third kappa shape index (κ3) is 4.90. The molecule has 0 spiro atoms. The van der Waals surface area contributed by atoms with Gasteiger partial charge in [0.05, 0.1) is 5.41 Å². The van der Waals surface area contributed by atoms with Crippen molar-refractivity contribution >= 4 is 11.8 Å². The van der Waals surface area contributed by atoms with Gasteiger partial charge in [-0.15, -0.1) is 6.58 Å². The molecule has 1 aliphatic rings. The normalized spacial score (nSPS) is 18.0. The predicted octanol–water partition coefficient (Wildman–Crippen LogP) is 3.85. The first kappa shape index (κ1) is 22.5. The Balaban J connectivity index is 1.68. The second-order valence-corrected chi connectivity index (χ2v) is 8.68. The van der Waals surface area contributed by atoms with Gasteiger partial charge in [-0.25, -0.2) is 0 Å². The van der Waals surface area contributed by atoms with E-state index in [4.69, 9.17) is 0 Å². The second-order valence-electron chi connectivity index (χ2n) is 8.68. The molecule has 4 rings (SSSR count). The monoisotopic (exact) mass is 442 g/mol. The maximum atomic E-state index is 13.5. The van der Waals surface area contributed by atoms with E-state index in [2.05, 4.69) is 41.3 Å². The fourth-order valence-electron chi connectivity index (χ4n) is 4.70. The molecule has 0 bridgehead atoms. The first-order valence-corrected chi connectivity index (χ1v) is 11.3. The van der Waals surface area contributed by atoms with Crippen molar-refractivity contribution in [3.05, 3.63) is 90.8 Å². The van der Waals surface area contributed by atoms with Crippen LogP contribution in [0.5, 0.6) is 0 Å². The lowest BCUT2D eigenvalue weighted by molar-refractivity contribution is -0.133. The Morgan fingerprint density at radius 1 is 1.12 bits per heavy atom. The van der Waals surface area contributed by atoms with Crippen molar-refractivity contribution < 1.29 is 9.59 Å². The molecule has 1 aliphatic heterocycles. The molecule has 1 N–H and O–H groups in total. The Labute approximate surface area is 194 Å². The van der Waals surface area contributed by atoms with Crippen molar-refractivity contribution in [1.82, 2.24) is 20.0 Å². The zero-order valence-electron chi connectivity index (χ0n) is 19.0. The van der Waals surface area contributed by atoms with Gasteiger partial charge in [0, 0.05) is 32.9 Å². The van der Waals surface area contributed by atoms with E-state index in [0.29, 0.717) is 38.2 Å². The minimum atomic E-state index is -0.726. The van der Waals surface area contributed by atoms with Crippen molar-refractivity contribution in [3.8, 4) is 11.1 Å². The molecule has 6 heteroatoms. The van der Waals surface area contributed by atoms with Gasteiger partial charge in [0.1, 0.15) is 5.69 Å². The maximum Gasteiger partial charge on any atom is 0.274 e. The Kier molecular flexibility index (Phi) is 6.73. The number of rotatable bonds is 7. The summed E-state index contributed by atoms with van der Waals surface area (Å²) < 4.78 is 1.62. The average Bonchev–Trinajstić information content (AvgIpc) is 3.29. The maximum absolute atomic E-state index is 13.5. The van der Waals surface area contributed by atoms with Gasteiger partial charge in [0.2, 0.25) is 5.91 Å². The third-order valence-electron chi connectivity index (χ3n) is 6.32. The van der Waals surface area contributed by atoms with Crippen LogP contribution in [0.1, 0.15) is 28.9 Å². The molecule has 2 heterocycles. The van der Waals surface area contributed by atoms with Crippen LogP contribution in [-0.2, 0) is 18.3 Å². The molecule has 3 aromatic rings. The van der Waals surface area contributed by atoms with Crippen molar-refractivity contribution in [2.45, 2.75) is 19.3 Å². The van der Waals surface area contributed by atoms with E-state index in [1.807, 2.05) is 30.3 Å². The summed E-state index contributed by atoms with van der Waals surface area (Å²) in [5, 5.41) is 7.29. The number of likely N-dealkylation sites (tertiary alicyclic amines) is 1. The number of hydrogen-bond acceptors (Lipinski definition) is 3. The standard InChI is InChI=1S/C27H30N4O2/c1-3-16-28-26(33)27(15-9-17-31(20-27)25(32)24-14-18-30(2)29-24)19-22-12-7-8-13-23(22)21-10-5-4-6-11-21/h3-8,10-14,18H,1,9,15-17,19-20H2,2H3,(H,28,33)/t27-/m1/s1. The number of aryl methyl sites for hydroxylation is 1. The molecule has 1 atom stereocenters. The van der Waals surface area contributed by atoms with Crippen LogP contribution in [0.2, 0.25) is 0 Å². The van der Waals surface area contributed by atoms with Gasteiger partial charge in [-0.1, -0.05) is 60.7 Å². The molecule has 33 heavy (non-hydrogen) atoms. The number of nitrogens with one attached hydrogen (secondary N) is 1. The molecule has 0 unspecified atom stereocenters. The van der Waals surface area contributed by atoms with Crippen LogP contribution >= 0.6 is 0 Å². The van der Waals surface area contributed by atoms with E-state index in [9.17, 15) is 9.59 Å². The Morgan fingerprint density at radius 2 is 1.88 bits per heavy atom. The van der Waals surface area contributed by atoms with E-state index in [-0.39, 0.29) is 11.8 Å². The summed E-state index contributed by atoms with van der Waals surface area (Å²) in [6.07, 6.45) is 5.46. The summed E-state index contributed by atoms with van der Waals surface area (Å²) in [7, 11) is 1.79. The Hall–Kier alpha value is -3.67. The number of piperidine rings is 1. The summed E-state index contributed by atoms with van der Waals surface area (Å²) in [6, 6.07) is 20.1. The van der Waals surface area contributed by atoms with Gasteiger partial charge in [-0.05, 0) is 42.0 Å². The van der Waals surface area contributed by atoms with Gasteiger partial charge >= 0.3 is 0 Å². The van der Waals surface area contributed by atoms with E-state index in [1.54, 1.807) is 35.0 Å². The number of nitrogens with zero attached hydrogens (tertiary/aromatic N) is 3. The van der Waals surface area contributed by atoms with Gasteiger partial charge in [-0.2, -0.15) is 5.10 Å². The highest BCUT2D eigenvalue weighted by molar-refractivity contribution is 5.93. The average molecular weight is 443 g/mol. The molecule has 0 aliphatic carbocycles. The molecule has 1 saturated heterocycles. The number of carbonyl (C=O) groups excluding carboxylic acids is 2. The van der Waals surface area contributed by atoms with Crippen molar-refractivity contribution in [3.63, 3.8) is 0 Å². The smallest absolute Gasteiger partial charge is 0.274 e. The van der Waals surface area contributed by atoms with Gasteiger partial charge < -0.3 is 10.2 Å². The van der Waals surface area contributed by atoms with Crippen LogP contribution in [0.25, 0.3) is 11.1 Å². The largest absolute Gasteiger partial charge is 0.352 e. The van der Waals surface area contributed by atoms with Crippen molar-refractivity contribution in [1.29, 1.82) is 0 Å². The molecule has 1 fully saturated rings. The van der Waals surface area contributed by atoms with E-state index in [1.165, 1.54) is 0 Å². The summed E-state index contributed by atoms with van der Waals surface area (Å²) >= 11 is 0. The van der Waals surface area contributed by atoms with Crippen LogP contribution in [-0.4, -0.2) is 46.1 Å². The molecular formula is C27H30N4O2. The van der Waals surface area contributed by atoms with E-state index < -0.39 is 5.41 Å². The number of aromatic nitrogens is 2. The molecule has 2 amide bonds. The summed E-state index contributed by atoms with van der Waals surface area (Å²) in [5.74, 6) is -0.170. The Morgan fingerprint density at radius 3 is 2.61 bits per heavy atom. The minimum absolute atomic E-state index is 0.0382. The summed E-state index contributed by atoms with van der Waals surface area (Å²) in [5.41, 5.74) is 3.01. The Bertz CT molecular complexity index is 1140. The lowest BCUT2D eigenvalue weighted by atomic mass is 9.73. The van der Waals surface area contributed by atoms with Gasteiger partial charge in [0.25, 0.3) is 5.91 Å². The summed E-state index contributed by atoms with van der Waals surface area (Å²) in [4.78, 5) is 28.5. The van der Waals surface area contributed by atoms with Crippen LogP contribution in [0.15, 0.2) is 79.5 Å². The molecule has 2 aromatic carbocycles. The predicted molar refractivity (Wildman–Crippen MR) is 130 cm³/mol. The summed E-state index contributed by atoms with van der Waals surface area (Å²) in [6.45, 7) is 5.10. The lowest BCUT2D eigenvalue weighted by Crippen LogP contribution is -2.54. The first-order valence-electron chi connectivity index (χ1n) is 11.3. The highest BCUT2D eigenvalue weighted by Crippen LogP contribution is 2.37. The lowest BCUT2D eigenvalue weighted by Gasteiger charge is -2.42. The third-order valence-corrected chi connectivity index (χ3v) is 6.32. The van der Waals surface area contributed by atoms with E-state index in [0.717, 1.165) is 23.1 Å².